The Labute approximate surface area is 111 Å². The summed E-state index contributed by atoms with van der Waals surface area (Å²) in [6.45, 7) is 9.18. The molecule has 0 saturated carbocycles. The molecule has 18 heavy (non-hydrogen) atoms. The maximum Gasteiger partial charge on any atom is 0.195 e. The molecule has 4 nitrogen and oxygen atoms in total. The fourth-order valence-corrected chi connectivity index (χ4v) is 2.31. The molecule has 0 aliphatic rings. The largest absolute Gasteiger partial charge is 0.311 e. The van der Waals surface area contributed by atoms with Gasteiger partial charge in [0, 0.05) is 24.5 Å². The number of thioether (sulfide) groups is 1. The summed E-state index contributed by atoms with van der Waals surface area (Å²) in [5.74, 6) is 0.857. The number of hydrogen-bond donors (Lipinski definition) is 1. The summed E-state index contributed by atoms with van der Waals surface area (Å²) in [6.07, 6.45) is 1.98. The Balaban J connectivity index is 1.92. The molecule has 2 heterocycles. The van der Waals surface area contributed by atoms with Gasteiger partial charge in [0.15, 0.2) is 10.8 Å². The molecule has 0 aliphatic heterocycles. The first-order chi connectivity index (χ1) is 8.66. The molecular formula is C13H18N4S. The van der Waals surface area contributed by atoms with E-state index in [9.17, 15) is 0 Å². The Hall–Kier alpha value is -1.33. The normalized spacial score (nSPS) is 11.3. The van der Waals surface area contributed by atoms with E-state index in [-0.39, 0.29) is 0 Å². The van der Waals surface area contributed by atoms with Gasteiger partial charge in [0.05, 0.1) is 0 Å². The second kappa shape index (κ2) is 6.02. The minimum Gasteiger partial charge on any atom is -0.311 e. The van der Waals surface area contributed by atoms with E-state index in [4.69, 9.17) is 0 Å². The molecule has 0 fully saturated rings. The van der Waals surface area contributed by atoms with Crippen LogP contribution in [0, 0.1) is 0 Å². The molecule has 5 heteroatoms. The monoisotopic (exact) mass is 262 g/mol. The number of fused-ring (bicyclic) bond motifs is 1. The molecule has 0 spiro atoms. The van der Waals surface area contributed by atoms with Crippen LogP contribution in [0.3, 0.4) is 0 Å². The molecule has 0 amide bonds. The summed E-state index contributed by atoms with van der Waals surface area (Å²) < 4.78 is 1.99. The summed E-state index contributed by atoms with van der Waals surface area (Å²) in [5.41, 5.74) is 2.05. The predicted molar refractivity (Wildman–Crippen MR) is 76.0 cm³/mol. The predicted octanol–water partition coefficient (Wildman–Crippen LogP) is 2.38. The van der Waals surface area contributed by atoms with Crippen molar-refractivity contribution in [1.82, 2.24) is 19.9 Å². The third-order valence-electron chi connectivity index (χ3n) is 2.45. The molecule has 2 aromatic heterocycles. The number of nitrogens with one attached hydrogen (secondary N) is 1. The average Bonchev–Trinajstić information content (AvgIpc) is 2.77. The van der Waals surface area contributed by atoms with Gasteiger partial charge in [-0.2, -0.15) is 0 Å². The summed E-state index contributed by atoms with van der Waals surface area (Å²) in [4.78, 5) is 0. The molecule has 0 unspecified atom stereocenters. The lowest BCUT2D eigenvalue weighted by Crippen LogP contribution is -2.25. The zero-order valence-corrected chi connectivity index (χ0v) is 11.6. The number of hydrogen-bond acceptors (Lipinski definition) is 4. The van der Waals surface area contributed by atoms with Gasteiger partial charge in [0.2, 0.25) is 0 Å². The molecule has 0 aromatic carbocycles. The Morgan fingerprint density at radius 2 is 2.28 bits per heavy atom. The van der Waals surface area contributed by atoms with Gasteiger partial charge in [0.1, 0.15) is 0 Å². The lowest BCUT2D eigenvalue weighted by atomic mass is 10.3. The van der Waals surface area contributed by atoms with Crippen molar-refractivity contribution in [2.45, 2.75) is 25.0 Å². The van der Waals surface area contributed by atoms with Crippen molar-refractivity contribution in [2.75, 3.05) is 12.3 Å². The number of nitrogens with zero attached hydrogens (tertiary/aromatic N) is 3. The smallest absolute Gasteiger partial charge is 0.195 e. The van der Waals surface area contributed by atoms with Crippen molar-refractivity contribution in [1.29, 1.82) is 0 Å². The second-order valence-electron chi connectivity index (χ2n) is 4.49. The van der Waals surface area contributed by atoms with Gasteiger partial charge in [-0.15, -0.1) is 10.2 Å². The van der Waals surface area contributed by atoms with Crippen LogP contribution in [-0.4, -0.2) is 32.9 Å². The van der Waals surface area contributed by atoms with E-state index in [1.807, 2.05) is 28.8 Å². The van der Waals surface area contributed by atoms with Gasteiger partial charge in [-0.05, 0) is 12.1 Å². The van der Waals surface area contributed by atoms with Crippen LogP contribution in [0.25, 0.3) is 5.65 Å². The minimum absolute atomic E-state index is 0.487. The van der Waals surface area contributed by atoms with Crippen molar-refractivity contribution < 1.29 is 0 Å². The van der Waals surface area contributed by atoms with Crippen molar-refractivity contribution in [3.05, 3.63) is 36.5 Å². The number of rotatable bonds is 6. The van der Waals surface area contributed by atoms with Crippen molar-refractivity contribution in [2.24, 2.45) is 0 Å². The Bertz CT molecular complexity index is 533. The Kier molecular flexibility index (Phi) is 4.38. The van der Waals surface area contributed by atoms with Gasteiger partial charge in [-0.25, -0.2) is 0 Å². The zero-order valence-electron chi connectivity index (χ0n) is 10.8. The van der Waals surface area contributed by atoms with Crippen LogP contribution in [0.15, 0.2) is 41.7 Å². The van der Waals surface area contributed by atoms with E-state index >= 15 is 0 Å². The summed E-state index contributed by atoms with van der Waals surface area (Å²) in [6, 6.07) is 6.38. The van der Waals surface area contributed by atoms with Gasteiger partial charge in [-0.1, -0.05) is 43.8 Å². The van der Waals surface area contributed by atoms with E-state index in [0.717, 1.165) is 23.1 Å². The van der Waals surface area contributed by atoms with Gasteiger partial charge < -0.3 is 5.32 Å². The van der Waals surface area contributed by atoms with E-state index in [0.29, 0.717) is 6.04 Å². The molecule has 0 saturated heterocycles. The standard InChI is InChI=1S/C13H18N4S/c1-10(2)14-8-11(3)9-18-13-16-15-12-6-4-5-7-17(12)13/h4-7,10,14H,3,8-9H2,1-2H3. The molecule has 2 rings (SSSR count). The lowest BCUT2D eigenvalue weighted by Gasteiger charge is -2.09. The van der Waals surface area contributed by atoms with Crippen LogP contribution in [-0.2, 0) is 0 Å². The molecule has 0 radical (unpaired) electrons. The van der Waals surface area contributed by atoms with Crippen LogP contribution in [0.2, 0.25) is 0 Å². The summed E-state index contributed by atoms with van der Waals surface area (Å²) >= 11 is 1.67. The molecule has 96 valence electrons. The van der Waals surface area contributed by atoms with Crippen LogP contribution < -0.4 is 5.32 Å². The molecule has 2 aromatic rings. The van der Waals surface area contributed by atoms with Crippen LogP contribution in [0.1, 0.15) is 13.8 Å². The van der Waals surface area contributed by atoms with Crippen molar-refractivity contribution in [3.63, 3.8) is 0 Å². The molecule has 0 aliphatic carbocycles. The first-order valence-electron chi connectivity index (χ1n) is 5.99. The summed E-state index contributed by atoms with van der Waals surface area (Å²) in [5, 5.41) is 12.6. The third kappa shape index (κ3) is 3.34. The van der Waals surface area contributed by atoms with Gasteiger partial charge in [0.25, 0.3) is 0 Å². The highest BCUT2D eigenvalue weighted by atomic mass is 32.2. The molecule has 0 atom stereocenters. The lowest BCUT2D eigenvalue weighted by molar-refractivity contribution is 0.623. The fourth-order valence-electron chi connectivity index (χ4n) is 1.48. The topological polar surface area (TPSA) is 42.2 Å². The number of aromatic nitrogens is 3. The second-order valence-corrected chi connectivity index (χ2v) is 5.43. The first kappa shape index (κ1) is 13.1. The van der Waals surface area contributed by atoms with E-state index < -0.39 is 0 Å². The maximum absolute atomic E-state index is 4.18. The Morgan fingerprint density at radius 3 is 3.06 bits per heavy atom. The van der Waals surface area contributed by atoms with E-state index in [2.05, 4.69) is 35.9 Å². The Morgan fingerprint density at radius 1 is 1.44 bits per heavy atom. The molecular weight excluding hydrogens is 244 g/mol. The van der Waals surface area contributed by atoms with Crippen molar-refractivity contribution in [3.8, 4) is 0 Å². The van der Waals surface area contributed by atoms with E-state index in [1.54, 1.807) is 11.8 Å². The maximum atomic E-state index is 4.18. The van der Waals surface area contributed by atoms with Gasteiger partial charge in [-0.3, -0.25) is 4.40 Å². The molecule has 0 bridgehead atoms. The first-order valence-corrected chi connectivity index (χ1v) is 6.98. The quantitative estimate of drug-likeness (QED) is 0.641. The van der Waals surface area contributed by atoms with Crippen LogP contribution >= 0.6 is 11.8 Å². The highest BCUT2D eigenvalue weighted by Crippen LogP contribution is 2.18. The molecule has 1 N–H and O–H groups in total. The fraction of sp³-hybridized carbons (Fsp3) is 0.385. The van der Waals surface area contributed by atoms with Gasteiger partial charge >= 0.3 is 0 Å². The SMILES string of the molecule is C=C(CNC(C)C)CSc1nnc2ccccn12. The van der Waals surface area contributed by atoms with Crippen molar-refractivity contribution >= 4 is 17.4 Å². The zero-order chi connectivity index (χ0) is 13.0. The van der Waals surface area contributed by atoms with Crippen LogP contribution in [0.4, 0.5) is 0 Å². The third-order valence-corrected chi connectivity index (χ3v) is 3.54. The number of pyridine rings is 1. The highest BCUT2D eigenvalue weighted by Gasteiger charge is 2.05. The van der Waals surface area contributed by atoms with Crippen LogP contribution in [0.5, 0.6) is 0 Å². The minimum atomic E-state index is 0.487. The van der Waals surface area contributed by atoms with E-state index in [1.165, 1.54) is 5.57 Å². The average molecular weight is 262 g/mol. The summed E-state index contributed by atoms with van der Waals surface area (Å²) in [7, 11) is 0. The highest BCUT2D eigenvalue weighted by molar-refractivity contribution is 7.99.